The summed E-state index contributed by atoms with van der Waals surface area (Å²) in [5.41, 5.74) is 0. The van der Waals surface area contributed by atoms with Crippen molar-refractivity contribution in [2.75, 3.05) is 19.6 Å². The maximum atomic E-state index is 3.81. The minimum absolute atomic E-state index is 0.773. The third kappa shape index (κ3) is 3.71. The Kier molecular flexibility index (Phi) is 5.97. The first-order chi connectivity index (χ1) is 8.85. The lowest BCUT2D eigenvalue weighted by Gasteiger charge is -2.44. The molecule has 0 aromatic heterocycles. The van der Waals surface area contributed by atoms with Crippen LogP contribution in [0.4, 0.5) is 0 Å². The van der Waals surface area contributed by atoms with E-state index in [-0.39, 0.29) is 0 Å². The Morgan fingerprint density at radius 2 is 1.89 bits per heavy atom. The van der Waals surface area contributed by atoms with Crippen molar-refractivity contribution < 1.29 is 0 Å². The molecule has 1 heterocycles. The second-order valence-corrected chi connectivity index (χ2v) is 6.32. The molecule has 2 nitrogen and oxygen atoms in total. The topological polar surface area (TPSA) is 15.3 Å². The van der Waals surface area contributed by atoms with Crippen LogP contribution < -0.4 is 5.32 Å². The minimum atomic E-state index is 0.773. The summed E-state index contributed by atoms with van der Waals surface area (Å²) in [6.45, 7) is 8.56. The number of hydrogen-bond acceptors (Lipinski definition) is 2. The van der Waals surface area contributed by atoms with Crippen molar-refractivity contribution in [2.24, 2.45) is 5.92 Å². The lowest BCUT2D eigenvalue weighted by Crippen LogP contribution is -2.54. The molecule has 2 rings (SSSR count). The van der Waals surface area contributed by atoms with E-state index in [2.05, 4.69) is 24.1 Å². The number of nitrogens with zero attached hydrogens (tertiary/aromatic N) is 1. The van der Waals surface area contributed by atoms with Gasteiger partial charge in [0.15, 0.2) is 0 Å². The van der Waals surface area contributed by atoms with Crippen LogP contribution in [0.3, 0.4) is 0 Å². The molecular weight excluding hydrogens is 220 g/mol. The van der Waals surface area contributed by atoms with Gasteiger partial charge < -0.3 is 5.32 Å². The van der Waals surface area contributed by atoms with E-state index < -0.39 is 0 Å². The summed E-state index contributed by atoms with van der Waals surface area (Å²) >= 11 is 0. The smallest absolute Gasteiger partial charge is 0.0249 e. The fourth-order valence-electron chi connectivity index (χ4n) is 3.85. The van der Waals surface area contributed by atoms with Gasteiger partial charge in [0.25, 0.3) is 0 Å². The summed E-state index contributed by atoms with van der Waals surface area (Å²) in [5.74, 6) is 0.965. The van der Waals surface area contributed by atoms with Crippen molar-refractivity contribution in [2.45, 2.75) is 77.3 Å². The average Bonchev–Trinajstić information content (AvgIpc) is 2.45. The monoisotopic (exact) mass is 252 g/mol. The molecule has 106 valence electrons. The lowest BCUT2D eigenvalue weighted by molar-refractivity contribution is 0.0747. The first-order valence-corrected chi connectivity index (χ1v) is 8.32. The fourth-order valence-corrected chi connectivity index (χ4v) is 3.85. The molecule has 0 aromatic rings. The highest BCUT2D eigenvalue weighted by Crippen LogP contribution is 2.28. The molecule has 1 saturated heterocycles. The second-order valence-electron chi connectivity index (χ2n) is 6.32. The van der Waals surface area contributed by atoms with E-state index in [0.29, 0.717) is 0 Å². The van der Waals surface area contributed by atoms with E-state index in [0.717, 1.165) is 18.0 Å². The average molecular weight is 252 g/mol. The van der Waals surface area contributed by atoms with Crippen molar-refractivity contribution in [3.63, 3.8) is 0 Å². The molecule has 1 aliphatic heterocycles. The van der Waals surface area contributed by atoms with Crippen LogP contribution in [0.5, 0.6) is 0 Å². The van der Waals surface area contributed by atoms with Gasteiger partial charge in [-0.3, -0.25) is 4.90 Å². The van der Waals surface area contributed by atoms with Crippen LogP contribution in [-0.4, -0.2) is 36.6 Å². The highest BCUT2D eigenvalue weighted by Gasteiger charge is 2.32. The molecule has 1 aliphatic carbocycles. The Bertz CT molecular complexity index is 229. The summed E-state index contributed by atoms with van der Waals surface area (Å²) in [5, 5.41) is 3.81. The van der Waals surface area contributed by atoms with Crippen LogP contribution in [0.1, 0.15) is 65.2 Å². The number of likely N-dealkylation sites (tertiary alicyclic amines) is 1. The molecule has 0 aromatic carbocycles. The fraction of sp³-hybridized carbons (Fsp3) is 1.00. The molecule has 0 spiro atoms. The largest absolute Gasteiger partial charge is 0.312 e. The zero-order valence-electron chi connectivity index (χ0n) is 12.5. The van der Waals surface area contributed by atoms with Crippen molar-refractivity contribution in [3.05, 3.63) is 0 Å². The third-order valence-corrected chi connectivity index (χ3v) is 4.98. The Hall–Kier alpha value is -0.0800. The molecule has 18 heavy (non-hydrogen) atoms. The van der Waals surface area contributed by atoms with Crippen LogP contribution in [0, 0.1) is 5.92 Å². The van der Waals surface area contributed by atoms with Crippen molar-refractivity contribution in [3.8, 4) is 0 Å². The number of piperidine rings is 1. The minimum Gasteiger partial charge on any atom is -0.312 e. The van der Waals surface area contributed by atoms with Gasteiger partial charge in [0.05, 0.1) is 0 Å². The summed E-state index contributed by atoms with van der Waals surface area (Å²) in [7, 11) is 0. The SMILES string of the molecule is CCCNC1CCCCC1N1CCCC(CC)C1. The predicted molar refractivity (Wildman–Crippen MR) is 78.9 cm³/mol. The Morgan fingerprint density at radius 3 is 2.67 bits per heavy atom. The molecule has 1 N–H and O–H groups in total. The van der Waals surface area contributed by atoms with Gasteiger partial charge in [-0.15, -0.1) is 0 Å². The van der Waals surface area contributed by atoms with Gasteiger partial charge in [-0.25, -0.2) is 0 Å². The molecule has 3 atom stereocenters. The molecule has 2 heteroatoms. The Morgan fingerprint density at radius 1 is 1.06 bits per heavy atom. The number of nitrogens with one attached hydrogen (secondary N) is 1. The molecule has 3 unspecified atom stereocenters. The van der Waals surface area contributed by atoms with E-state index in [1.807, 2.05) is 0 Å². The van der Waals surface area contributed by atoms with Gasteiger partial charge in [-0.2, -0.15) is 0 Å². The van der Waals surface area contributed by atoms with Gasteiger partial charge in [0.2, 0.25) is 0 Å². The quantitative estimate of drug-likeness (QED) is 0.806. The van der Waals surface area contributed by atoms with Gasteiger partial charge in [0, 0.05) is 18.6 Å². The maximum Gasteiger partial charge on any atom is 0.0249 e. The first kappa shape index (κ1) is 14.3. The van der Waals surface area contributed by atoms with Crippen LogP contribution in [0.15, 0.2) is 0 Å². The van der Waals surface area contributed by atoms with Gasteiger partial charge in [0.1, 0.15) is 0 Å². The van der Waals surface area contributed by atoms with Crippen molar-refractivity contribution >= 4 is 0 Å². The van der Waals surface area contributed by atoms with Crippen LogP contribution >= 0.6 is 0 Å². The Labute approximate surface area is 114 Å². The van der Waals surface area contributed by atoms with Gasteiger partial charge >= 0.3 is 0 Å². The summed E-state index contributed by atoms with van der Waals surface area (Å²) < 4.78 is 0. The van der Waals surface area contributed by atoms with Crippen LogP contribution in [0.2, 0.25) is 0 Å². The van der Waals surface area contributed by atoms with E-state index in [1.54, 1.807) is 0 Å². The van der Waals surface area contributed by atoms with E-state index in [1.165, 1.54) is 71.0 Å². The first-order valence-electron chi connectivity index (χ1n) is 8.32. The van der Waals surface area contributed by atoms with Crippen molar-refractivity contribution in [1.82, 2.24) is 10.2 Å². The zero-order chi connectivity index (χ0) is 12.8. The predicted octanol–water partition coefficient (Wildman–Crippen LogP) is 3.42. The highest BCUT2D eigenvalue weighted by molar-refractivity contribution is 4.90. The zero-order valence-corrected chi connectivity index (χ0v) is 12.5. The second kappa shape index (κ2) is 7.49. The van der Waals surface area contributed by atoms with Crippen LogP contribution in [-0.2, 0) is 0 Å². The summed E-state index contributed by atoms with van der Waals surface area (Å²) in [4.78, 5) is 2.82. The maximum absolute atomic E-state index is 3.81. The lowest BCUT2D eigenvalue weighted by atomic mass is 9.86. The van der Waals surface area contributed by atoms with Gasteiger partial charge in [-0.1, -0.05) is 33.1 Å². The Balaban J connectivity index is 1.90. The summed E-state index contributed by atoms with van der Waals surface area (Å²) in [6, 6.07) is 1.61. The third-order valence-electron chi connectivity index (χ3n) is 4.98. The number of hydrogen-bond donors (Lipinski definition) is 1. The molecule has 2 aliphatic rings. The van der Waals surface area contributed by atoms with E-state index in [4.69, 9.17) is 0 Å². The molecular formula is C16H32N2. The van der Waals surface area contributed by atoms with E-state index >= 15 is 0 Å². The van der Waals surface area contributed by atoms with Crippen molar-refractivity contribution in [1.29, 1.82) is 0 Å². The molecule has 2 fully saturated rings. The normalized spacial score (nSPS) is 34.7. The number of rotatable bonds is 5. The van der Waals surface area contributed by atoms with Crippen LogP contribution in [0.25, 0.3) is 0 Å². The molecule has 0 amide bonds. The highest BCUT2D eigenvalue weighted by atomic mass is 15.2. The molecule has 1 saturated carbocycles. The summed E-state index contributed by atoms with van der Waals surface area (Å²) in [6.07, 6.45) is 11.2. The van der Waals surface area contributed by atoms with Gasteiger partial charge in [-0.05, 0) is 51.1 Å². The standard InChI is InChI=1S/C16H32N2/c1-3-11-17-15-9-5-6-10-16(15)18-12-7-8-14(4-2)13-18/h14-17H,3-13H2,1-2H3. The molecule has 0 radical (unpaired) electrons. The molecule has 0 bridgehead atoms. The van der Waals surface area contributed by atoms with E-state index in [9.17, 15) is 0 Å².